The van der Waals surface area contributed by atoms with E-state index < -0.39 is 16.8 Å². The van der Waals surface area contributed by atoms with E-state index in [-0.39, 0.29) is 28.4 Å². The number of nitrogens with zero attached hydrogens (tertiary/aromatic N) is 1. The van der Waals surface area contributed by atoms with E-state index in [1.54, 1.807) is 0 Å². The number of nitro benzene ring substituents is 1. The second-order valence-corrected chi connectivity index (χ2v) is 5.08. The summed E-state index contributed by atoms with van der Waals surface area (Å²) in [6.45, 7) is 0. The quantitative estimate of drug-likeness (QED) is 0.644. The molecule has 0 aliphatic heterocycles. The van der Waals surface area contributed by atoms with Crippen LogP contribution in [0.15, 0.2) is 42.5 Å². The normalized spacial score (nSPS) is 10.1. The standard InChI is InChI=1S/C15H11ClN2O5/c16-10-3-6-13(12(8-10)15(20)21)17-14(19)7-9-1-4-11(5-2-9)18(22)23/h1-6,8H,7H2,(H,17,19)(H,20,21). The molecule has 0 aliphatic carbocycles. The van der Waals surface area contributed by atoms with Gasteiger partial charge in [-0.25, -0.2) is 4.79 Å². The van der Waals surface area contributed by atoms with Gasteiger partial charge in [0.2, 0.25) is 5.91 Å². The Bertz CT molecular complexity index is 774. The average molecular weight is 335 g/mol. The number of aromatic carboxylic acids is 1. The summed E-state index contributed by atoms with van der Waals surface area (Å²) in [6, 6.07) is 9.65. The van der Waals surface area contributed by atoms with Crippen molar-refractivity contribution in [1.82, 2.24) is 0 Å². The van der Waals surface area contributed by atoms with Crippen molar-refractivity contribution < 1.29 is 19.6 Å². The van der Waals surface area contributed by atoms with Gasteiger partial charge in [0.05, 0.1) is 22.6 Å². The predicted octanol–water partition coefficient (Wildman–Crippen LogP) is 3.13. The molecule has 2 aromatic rings. The first-order chi connectivity index (χ1) is 10.9. The maximum Gasteiger partial charge on any atom is 0.337 e. The van der Waals surface area contributed by atoms with Crippen molar-refractivity contribution in [3.05, 3.63) is 68.7 Å². The van der Waals surface area contributed by atoms with Crippen LogP contribution in [-0.2, 0) is 11.2 Å². The minimum absolute atomic E-state index is 0.0420. The maximum atomic E-state index is 12.0. The van der Waals surface area contributed by atoms with Crippen molar-refractivity contribution in [2.24, 2.45) is 0 Å². The lowest BCUT2D eigenvalue weighted by Gasteiger charge is -2.09. The van der Waals surface area contributed by atoms with E-state index in [4.69, 9.17) is 16.7 Å². The summed E-state index contributed by atoms with van der Waals surface area (Å²) >= 11 is 5.74. The topological polar surface area (TPSA) is 110 Å². The van der Waals surface area contributed by atoms with Gasteiger partial charge in [-0.15, -0.1) is 0 Å². The zero-order valence-corrected chi connectivity index (χ0v) is 12.4. The smallest absolute Gasteiger partial charge is 0.337 e. The second-order valence-electron chi connectivity index (χ2n) is 4.64. The fourth-order valence-corrected chi connectivity index (χ4v) is 2.09. The summed E-state index contributed by atoms with van der Waals surface area (Å²) in [5, 5.41) is 22.4. The van der Waals surface area contributed by atoms with Crippen LogP contribution in [0.5, 0.6) is 0 Å². The van der Waals surface area contributed by atoms with E-state index >= 15 is 0 Å². The van der Waals surface area contributed by atoms with Gasteiger partial charge < -0.3 is 10.4 Å². The molecule has 23 heavy (non-hydrogen) atoms. The fourth-order valence-electron chi connectivity index (χ4n) is 1.92. The van der Waals surface area contributed by atoms with E-state index in [1.165, 1.54) is 42.5 Å². The summed E-state index contributed by atoms with van der Waals surface area (Å²) in [5.74, 6) is -1.65. The molecule has 0 unspecified atom stereocenters. The number of carboxylic acid groups (broad SMARTS) is 1. The SMILES string of the molecule is O=C(Cc1ccc([N+](=O)[O-])cc1)Nc1ccc(Cl)cc1C(=O)O. The molecule has 1 amide bonds. The number of carbonyl (C=O) groups excluding carboxylic acids is 1. The van der Waals surface area contributed by atoms with Crippen LogP contribution < -0.4 is 5.32 Å². The molecule has 0 saturated heterocycles. The van der Waals surface area contributed by atoms with Gasteiger partial charge in [0.25, 0.3) is 5.69 Å². The molecule has 0 atom stereocenters. The Balaban J connectivity index is 2.11. The third-order valence-corrected chi connectivity index (χ3v) is 3.23. The first-order valence-electron chi connectivity index (χ1n) is 6.43. The number of hydrogen-bond donors (Lipinski definition) is 2. The number of non-ortho nitro benzene ring substituents is 1. The third kappa shape index (κ3) is 4.27. The lowest BCUT2D eigenvalue weighted by Crippen LogP contribution is -2.16. The zero-order valence-electron chi connectivity index (χ0n) is 11.7. The van der Waals surface area contributed by atoms with Gasteiger partial charge in [-0.05, 0) is 23.8 Å². The molecule has 0 aliphatic rings. The molecular formula is C15H11ClN2O5. The second kappa shape index (κ2) is 6.89. The van der Waals surface area contributed by atoms with Crippen LogP contribution in [-0.4, -0.2) is 21.9 Å². The number of nitro groups is 1. The molecular weight excluding hydrogens is 324 g/mol. The number of rotatable bonds is 5. The van der Waals surface area contributed by atoms with Crippen LogP contribution in [0.1, 0.15) is 15.9 Å². The minimum atomic E-state index is -1.21. The lowest BCUT2D eigenvalue weighted by atomic mass is 10.1. The molecule has 0 saturated carbocycles. The number of benzene rings is 2. The van der Waals surface area contributed by atoms with Crippen molar-refractivity contribution >= 4 is 34.9 Å². The molecule has 2 aromatic carbocycles. The average Bonchev–Trinajstić information content (AvgIpc) is 2.49. The molecule has 118 valence electrons. The van der Waals surface area contributed by atoms with E-state index in [0.717, 1.165) is 0 Å². The van der Waals surface area contributed by atoms with Gasteiger partial charge in [-0.1, -0.05) is 23.7 Å². The fraction of sp³-hybridized carbons (Fsp3) is 0.0667. The van der Waals surface area contributed by atoms with E-state index in [0.29, 0.717) is 5.56 Å². The Morgan fingerprint density at radius 3 is 2.39 bits per heavy atom. The van der Waals surface area contributed by atoms with Crippen LogP contribution in [0.3, 0.4) is 0 Å². The van der Waals surface area contributed by atoms with Gasteiger partial charge >= 0.3 is 5.97 Å². The monoisotopic (exact) mass is 334 g/mol. The summed E-state index contributed by atoms with van der Waals surface area (Å²) in [7, 11) is 0. The molecule has 0 fully saturated rings. The van der Waals surface area contributed by atoms with Crippen LogP contribution >= 0.6 is 11.6 Å². The minimum Gasteiger partial charge on any atom is -0.478 e. The van der Waals surface area contributed by atoms with Crippen molar-refractivity contribution in [1.29, 1.82) is 0 Å². The Hall–Kier alpha value is -2.93. The summed E-state index contributed by atoms with van der Waals surface area (Å²) in [6.07, 6.45) is -0.0420. The number of carboxylic acids is 1. The highest BCUT2D eigenvalue weighted by molar-refractivity contribution is 6.31. The van der Waals surface area contributed by atoms with Crippen molar-refractivity contribution in [3.8, 4) is 0 Å². The lowest BCUT2D eigenvalue weighted by molar-refractivity contribution is -0.384. The van der Waals surface area contributed by atoms with Gasteiger partial charge in [0.1, 0.15) is 0 Å². The molecule has 7 nitrogen and oxygen atoms in total. The Morgan fingerprint density at radius 2 is 1.83 bits per heavy atom. The Labute approximate surface area is 135 Å². The summed E-state index contributed by atoms with van der Waals surface area (Å²) in [5.41, 5.74) is 0.516. The van der Waals surface area contributed by atoms with E-state index in [1.807, 2.05) is 0 Å². The molecule has 0 aromatic heterocycles. The van der Waals surface area contributed by atoms with Gasteiger partial charge in [0.15, 0.2) is 0 Å². The van der Waals surface area contributed by atoms with Crippen LogP contribution in [0.25, 0.3) is 0 Å². The largest absolute Gasteiger partial charge is 0.478 e. The first-order valence-corrected chi connectivity index (χ1v) is 6.80. The highest BCUT2D eigenvalue weighted by Crippen LogP contribution is 2.21. The van der Waals surface area contributed by atoms with Crippen LogP contribution in [0.4, 0.5) is 11.4 Å². The third-order valence-electron chi connectivity index (χ3n) is 3.00. The summed E-state index contributed by atoms with van der Waals surface area (Å²) in [4.78, 5) is 33.2. The molecule has 2 N–H and O–H groups in total. The molecule has 0 heterocycles. The molecule has 0 radical (unpaired) electrons. The van der Waals surface area contributed by atoms with Crippen molar-refractivity contribution in [2.75, 3.05) is 5.32 Å². The highest BCUT2D eigenvalue weighted by Gasteiger charge is 2.14. The number of nitrogens with one attached hydrogen (secondary N) is 1. The first kappa shape index (κ1) is 16.4. The van der Waals surface area contributed by atoms with E-state index in [2.05, 4.69) is 5.32 Å². The highest BCUT2D eigenvalue weighted by atomic mass is 35.5. The van der Waals surface area contributed by atoms with Gasteiger partial charge in [0, 0.05) is 17.2 Å². The number of anilines is 1. The Kier molecular flexibility index (Phi) is 4.92. The zero-order chi connectivity index (χ0) is 17.0. The maximum absolute atomic E-state index is 12.0. The molecule has 2 rings (SSSR count). The van der Waals surface area contributed by atoms with Crippen LogP contribution in [0.2, 0.25) is 5.02 Å². The molecule has 0 spiro atoms. The number of amides is 1. The van der Waals surface area contributed by atoms with Crippen molar-refractivity contribution in [2.45, 2.75) is 6.42 Å². The number of carbonyl (C=O) groups is 2. The van der Waals surface area contributed by atoms with Gasteiger partial charge in [-0.2, -0.15) is 0 Å². The van der Waals surface area contributed by atoms with E-state index in [9.17, 15) is 19.7 Å². The van der Waals surface area contributed by atoms with Crippen LogP contribution in [0, 0.1) is 10.1 Å². The molecule has 8 heteroatoms. The predicted molar refractivity (Wildman–Crippen MR) is 83.8 cm³/mol. The number of hydrogen-bond acceptors (Lipinski definition) is 4. The summed E-state index contributed by atoms with van der Waals surface area (Å²) < 4.78 is 0. The van der Waals surface area contributed by atoms with Crippen molar-refractivity contribution in [3.63, 3.8) is 0 Å². The van der Waals surface area contributed by atoms with Gasteiger partial charge in [-0.3, -0.25) is 14.9 Å². The Morgan fingerprint density at radius 1 is 1.17 bits per heavy atom. The number of halogens is 1. The molecule has 0 bridgehead atoms.